The number of carbonyl (C=O) groups excluding carboxylic acids is 1. The molecular formula is C21H26N4O2. The average Bonchev–Trinajstić information content (AvgIpc) is 3.38. The molecule has 1 amide bonds. The Morgan fingerprint density at radius 2 is 2.07 bits per heavy atom. The second-order valence-electron chi connectivity index (χ2n) is 7.75. The summed E-state index contributed by atoms with van der Waals surface area (Å²) >= 11 is 0. The van der Waals surface area contributed by atoms with Crippen molar-refractivity contribution in [1.29, 1.82) is 0 Å². The van der Waals surface area contributed by atoms with Crippen molar-refractivity contribution in [1.82, 2.24) is 19.9 Å². The van der Waals surface area contributed by atoms with Gasteiger partial charge in [0, 0.05) is 37.7 Å². The minimum Gasteiger partial charge on any atom is -0.342 e. The van der Waals surface area contributed by atoms with Crippen molar-refractivity contribution in [2.24, 2.45) is 5.92 Å². The summed E-state index contributed by atoms with van der Waals surface area (Å²) in [5, 5.41) is 0. The van der Waals surface area contributed by atoms with E-state index in [1.807, 2.05) is 23.1 Å². The Labute approximate surface area is 159 Å². The molecule has 4 rings (SSSR count). The second-order valence-corrected chi connectivity index (χ2v) is 7.75. The van der Waals surface area contributed by atoms with Crippen LogP contribution in [0.25, 0.3) is 11.5 Å². The van der Waals surface area contributed by atoms with Crippen LogP contribution < -0.4 is 5.56 Å². The Balaban J connectivity index is 1.41. The van der Waals surface area contributed by atoms with Gasteiger partial charge in [0.25, 0.3) is 5.56 Å². The van der Waals surface area contributed by atoms with Crippen molar-refractivity contribution < 1.29 is 4.79 Å². The third-order valence-corrected chi connectivity index (χ3v) is 5.87. The fourth-order valence-electron chi connectivity index (χ4n) is 4.32. The van der Waals surface area contributed by atoms with E-state index in [1.165, 1.54) is 25.7 Å². The Morgan fingerprint density at radius 1 is 1.22 bits per heavy atom. The number of nitrogens with one attached hydrogen (secondary N) is 1. The molecule has 2 aromatic heterocycles. The Hall–Kier alpha value is -2.50. The topological polar surface area (TPSA) is 79.0 Å². The lowest BCUT2D eigenvalue weighted by Crippen LogP contribution is -2.28. The van der Waals surface area contributed by atoms with Crippen LogP contribution in [-0.2, 0) is 4.79 Å². The summed E-state index contributed by atoms with van der Waals surface area (Å²) in [7, 11) is 0. The first-order chi connectivity index (χ1) is 13.2. The highest BCUT2D eigenvalue weighted by molar-refractivity contribution is 5.76. The molecule has 27 heavy (non-hydrogen) atoms. The van der Waals surface area contributed by atoms with Gasteiger partial charge in [-0.2, -0.15) is 0 Å². The van der Waals surface area contributed by atoms with E-state index in [1.54, 1.807) is 12.3 Å². The smallest absolute Gasteiger partial charge is 0.251 e. The molecule has 1 saturated heterocycles. The van der Waals surface area contributed by atoms with Gasteiger partial charge in [-0.15, -0.1) is 0 Å². The van der Waals surface area contributed by atoms with Crippen LogP contribution in [0.1, 0.15) is 56.6 Å². The number of pyridine rings is 1. The van der Waals surface area contributed by atoms with E-state index in [-0.39, 0.29) is 17.4 Å². The number of hydrogen-bond acceptors (Lipinski definition) is 4. The number of likely N-dealkylation sites (tertiary alicyclic amines) is 1. The lowest BCUT2D eigenvalue weighted by molar-refractivity contribution is -0.130. The van der Waals surface area contributed by atoms with Gasteiger partial charge in [0.2, 0.25) is 5.91 Å². The maximum absolute atomic E-state index is 12.6. The second kappa shape index (κ2) is 8.03. The molecule has 1 N–H and O–H groups in total. The van der Waals surface area contributed by atoms with Crippen LogP contribution in [0.2, 0.25) is 0 Å². The molecule has 2 fully saturated rings. The summed E-state index contributed by atoms with van der Waals surface area (Å²) < 4.78 is 0. The van der Waals surface area contributed by atoms with Crippen molar-refractivity contribution in [3.8, 4) is 11.5 Å². The molecule has 1 saturated carbocycles. The van der Waals surface area contributed by atoms with E-state index in [0.717, 1.165) is 31.0 Å². The summed E-state index contributed by atoms with van der Waals surface area (Å²) in [4.78, 5) is 38.3. The average molecular weight is 366 g/mol. The summed E-state index contributed by atoms with van der Waals surface area (Å²) in [6.45, 7) is 1.41. The third kappa shape index (κ3) is 4.26. The number of amides is 1. The van der Waals surface area contributed by atoms with E-state index >= 15 is 0 Å². The Morgan fingerprint density at radius 3 is 2.85 bits per heavy atom. The maximum Gasteiger partial charge on any atom is 0.251 e. The molecule has 1 aliphatic carbocycles. The first-order valence-corrected chi connectivity index (χ1v) is 9.99. The van der Waals surface area contributed by atoms with Crippen molar-refractivity contribution in [2.75, 3.05) is 13.1 Å². The molecule has 1 atom stereocenters. The fourth-order valence-corrected chi connectivity index (χ4v) is 4.32. The van der Waals surface area contributed by atoms with Gasteiger partial charge in [-0.3, -0.25) is 14.6 Å². The highest BCUT2D eigenvalue weighted by Gasteiger charge is 2.29. The minimum atomic E-state index is -0.174. The zero-order chi connectivity index (χ0) is 18.6. The highest BCUT2D eigenvalue weighted by atomic mass is 16.2. The molecule has 6 heteroatoms. The van der Waals surface area contributed by atoms with Crippen molar-refractivity contribution >= 4 is 5.91 Å². The van der Waals surface area contributed by atoms with E-state index in [9.17, 15) is 9.59 Å². The summed E-state index contributed by atoms with van der Waals surface area (Å²) in [5.41, 5.74) is 1.23. The molecule has 1 unspecified atom stereocenters. The molecule has 2 aromatic rings. The molecule has 0 radical (unpaired) electrons. The maximum atomic E-state index is 12.6. The predicted octanol–water partition coefficient (Wildman–Crippen LogP) is 3.12. The predicted molar refractivity (Wildman–Crippen MR) is 103 cm³/mol. The lowest BCUT2D eigenvalue weighted by Gasteiger charge is -2.18. The quantitative estimate of drug-likeness (QED) is 0.882. The van der Waals surface area contributed by atoms with Crippen LogP contribution in [0.5, 0.6) is 0 Å². The van der Waals surface area contributed by atoms with Gasteiger partial charge >= 0.3 is 0 Å². The van der Waals surface area contributed by atoms with Crippen molar-refractivity contribution in [3.63, 3.8) is 0 Å². The molecule has 0 aromatic carbocycles. The number of H-pyrrole nitrogens is 1. The van der Waals surface area contributed by atoms with Crippen LogP contribution in [0.4, 0.5) is 0 Å². The van der Waals surface area contributed by atoms with Crippen molar-refractivity contribution in [3.05, 3.63) is 46.5 Å². The zero-order valence-corrected chi connectivity index (χ0v) is 15.6. The SMILES string of the molecule is O=C(CCC1CCCC1)N1CCC(c2cc(=O)[nH]c(-c3ccccn3)n2)C1. The van der Waals surface area contributed by atoms with Crippen LogP contribution in [-0.4, -0.2) is 38.8 Å². The number of rotatable bonds is 5. The van der Waals surface area contributed by atoms with Crippen LogP contribution in [0.15, 0.2) is 35.3 Å². The molecular weight excluding hydrogens is 340 g/mol. The fraction of sp³-hybridized carbons (Fsp3) is 0.524. The van der Waals surface area contributed by atoms with Gasteiger partial charge in [-0.1, -0.05) is 31.7 Å². The van der Waals surface area contributed by atoms with Crippen LogP contribution >= 0.6 is 0 Å². The Bertz CT molecular complexity index is 843. The van der Waals surface area contributed by atoms with E-state index < -0.39 is 0 Å². The van der Waals surface area contributed by atoms with Gasteiger partial charge in [0.15, 0.2) is 5.82 Å². The Kier molecular flexibility index (Phi) is 5.32. The van der Waals surface area contributed by atoms with Gasteiger partial charge in [-0.05, 0) is 30.9 Å². The summed E-state index contributed by atoms with van der Waals surface area (Å²) in [5.74, 6) is 1.59. The highest BCUT2D eigenvalue weighted by Crippen LogP contribution is 2.30. The van der Waals surface area contributed by atoms with Crippen LogP contribution in [0.3, 0.4) is 0 Å². The molecule has 6 nitrogen and oxygen atoms in total. The van der Waals surface area contributed by atoms with E-state index in [2.05, 4.69) is 15.0 Å². The first kappa shape index (κ1) is 17.9. The van der Waals surface area contributed by atoms with Gasteiger partial charge in [0.1, 0.15) is 5.69 Å². The van der Waals surface area contributed by atoms with Gasteiger partial charge in [-0.25, -0.2) is 4.98 Å². The molecule has 1 aliphatic heterocycles. The monoisotopic (exact) mass is 366 g/mol. The van der Waals surface area contributed by atoms with Gasteiger partial charge < -0.3 is 9.88 Å². The number of carbonyl (C=O) groups is 1. The molecule has 142 valence electrons. The number of nitrogens with zero attached hydrogens (tertiary/aromatic N) is 3. The summed E-state index contributed by atoms with van der Waals surface area (Å²) in [6, 6.07) is 7.09. The normalized spacial score (nSPS) is 20.3. The largest absolute Gasteiger partial charge is 0.342 e. The molecule has 3 heterocycles. The number of aromatic nitrogens is 3. The van der Waals surface area contributed by atoms with Crippen molar-refractivity contribution in [2.45, 2.75) is 50.9 Å². The summed E-state index contributed by atoms with van der Waals surface area (Å²) in [6.07, 6.45) is 9.41. The number of hydrogen-bond donors (Lipinski definition) is 1. The molecule has 2 aliphatic rings. The standard InChI is InChI=1S/C21H26N4O2/c26-19-13-18(23-21(24-19)17-7-3-4-11-22-17)16-10-12-25(14-16)20(27)9-8-15-5-1-2-6-15/h3-4,7,11,13,15-16H,1-2,5-6,8-10,12,14H2,(H,23,24,26). The third-order valence-electron chi connectivity index (χ3n) is 5.87. The van der Waals surface area contributed by atoms with Crippen LogP contribution in [0, 0.1) is 5.92 Å². The first-order valence-electron chi connectivity index (χ1n) is 9.99. The van der Waals surface area contributed by atoms with E-state index in [0.29, 0.717) is 24.5 Å². The van der Waals surface area contributed by atoms with Gasteiger partial charge in [0.05, 0.1) is 5.69 Å². The lowest BCUT2D eigenvalue weighted by atomic mass is 10.0. The number of aromatic amines is 1. The van der Waals surface area contributed by atoms with E-state index in [4.69, 9.17) is 0 Å². The zero-order valence-electron chi connectivity index (χ0n) is 15.6. The minimum absolute atomic E-state index is 0.116. The molecule has 0 spiro atoms. The molecule has 0 bridgehead atoms.